The van der Waals surface area contributed by atoms with Gasteiger partial charge >= 0.3 is 0 Å². The summed E-state index contributed by atoms with van der Waals surface area (Å²) < 4.78 is 16.2. The molecule has 0 atom stereocenters. The zero-order valence-corrected chi connectivity index (χ0v) is 20.7. The number of carbonyl (C=O) groups excluding carboxylic acids is 1. The first-order valence-electron chi connectivity index (χ1n) is 12.8. The van der Waals surface area contributed by atoms with Gasteiger partial charge in [0.1, 0.15) is 17.5 Å². The van der Waals surface area contributed by atoms with Gasteiger partial charge in [-0.15, -0.1) is 0 Å². The van der Waals surface area contributed by atoms with Crippen LogP contribution in [0.3, 0.4) is 0 Å². The molecule has 4 aromatic rings. The Kier molecular flexibility index (Phi) is 6.15. The van der Waals surface area contributed by atoms with Crippen molar-refractivity contribution in [3.8, 4) is 5.69 Å². The van der Waals surface area contributed by atoms with E-state index in [0.717, 1.165) is 18.5 Å². The van der Waals surface area contributed by atoms with E-state index >= 15 is 0 Å². The van der Waals surface area contributed by atoms with Crippen molar-refractivity contribution in [2.75, 3.05) is 18.4 Å². The van der Waals surface area contributed by atoms with Crippen LogP contribution in [0.15, 0.2) is 66.1 Å². The lowest BCUT2D eigenvalue weighted by atomic mass is 9.78. The molecule has 0 radical (unpaired) electrons. The maximum Gasteiger partial charge on any atom is 0.264 e. The van der Waals surface area contributed by atoms with Crippen molar-refractivity contribution in [2.45, 2.75) is 43.9 Å². The molecule has 11 heteroatoms. The van der Waals surface area contributed by atoms with Crippen molar-refractivity contribution in [3.05, 3.63) is 77.5 Å². The summed E-state index contributed by atoms with van der Waals surface area (Å²) >= 11 is 0. The molecule has 4 heterocycles. The van der Waals surface area contributed by atoms with Gasteiger partial charge in [0.25, 0.3) is 5.56 Å². The summed E-state index contributed by atoms with van der Waals surface area (Å²) in [7, 11) is 0. The number of nitrogens with zero attached hydrogens (tertiary/aromatic N) is 6. The van der Waals surface area contributed by atoms with Gasteiger partial charge in [-0.25, -0.2) is 14.1 Å². The zero-order valence-electron chi connectivity index (χ0n) is 20.7. The molecule has 1 aliphatic carbocycles. The summed E-state index contributed by atoms with van der Waals surface area (Å²) in [6.07, 6.45) is 8.66. The Labute approximate surface area is 217 Å². The summed E-state index contributed by atoms with van der Waals surface area (Å²) in [5.74, 6) is -0.247. The number of carbonyl (C=O) groups is 1. The van der Waals surface area contributed by atoms with Crippen molar-refractivity contribution in [1.82, 2.24) is 29.2 Å². The van der Waals surface area contributed by atoms with Crippen LogP contribution in [-0.2, 0) is 11.3 Å². The van der Waals surface area contributed by atoms with E-state index in [1.54, 1.807) is 24.5 Å². The van der Waals surface area contributed by atoms with Gasteiger partial charge in [0.15, 0.2) is 5.65 Å². The van der Waals surface area contributed by atoms with Gasteiger partial charge in [-0.3, -0.25) is 19.1 Å². The highest BCUT2D eigenvalue weighted by atomic mass is 19.1. The third kappa shape index (κ3) is 4.65. The first kappa shape index (κ1) is 24.2. The number of hydrogen-bond donors (Lipinski definition) is 2. The molecule has 0 spiro atoms. The van der Waals surface area contributed by atoms with Crippen molar-refractivity contribution < 1.29 is 14.3 Å². The molecule has 1 aromatic carbocycles. The Morgan fingerprint density at radius 3 is 2.61 bits per heavy atom. The molecule has 6 rings (SSSR count). The van der Waals surface area contributed by atoms with E-state index in [1.807, 2.05) is 17.0 Å². The molecule has 2 aliphatic rings. The number of likely N-dealkylation sites (tertiary alicyclic amines) is 1. The summed E-state index contributed by atoms with van der Waals surface area (Å²) in [6.45, 7) is 0.970. The molecular weight excluding hydrogens is 489 g/mol. The van der Waals surface area contributed by atoms with Gasteiger partial charge < -0.3 is 15.3 Å². The molecule has 196 valence electrons. The van der Waals surface area contributed by atoms with E-state index in [1.165, 1.54) is 33.9 Å². The Morgan fingerprint density at radius 1 is 1.13 bits per heavy atom. The normalized spacial score (nSPS) is 20.7. The largest absolute Gasteiger partial charge is 0.388 e. The minimum atomic E-state index is -1.12. The first-order chi connectivity index (χ1) is 18.4. The van der Waals surface area contributed by atoms with Crippen LogP contribution in [0, 0.1) is 11.7 Å². The van der Waals surface area contributed by atoms with Crippen LogP contribution in [0.2, 0.25) is 0 Å². The SMILES string of the molecule is O=c1c2cnn(-c3ccc(F)cc3)c2ncn1CC1(O)CCN(C(=O)[C@H]2C[C@H](Nc3cccnc3)C2)CC1. The summed E-state index contributed by atoms with van der Waals surface area (Å²) in [4.78, 5) is 36.5. The molecule has 1 aliphatic heterocycles. The highest BCUT2D eigenvalue weighted by Gasteiger charge is 2.40. The fourth-order valence-corrected chi connectivity index (χ4v) is 5.33. The highest BCUT2D eigenvalue weighted by Crippen LogP contribution is 2.33. The topological polar surface area (TPSA) is 118 Å². The number of hydrogen-bond acceptors (Lipinski definition) is 7. The van der Waals surface area contributed by atoms with Crippen molar-refractivity contribution >= 4 is 22.6 Å². The van der Waals surface area contributed by atoms with Crippen LogP contribution in [0.25, 0.3) is 16.7 Å². The number of rotatable bonds is 6. The number of fused-ring (bicyclic) bond motifs is 1. The number of pyridine rings is 1. The fraction of sp³-hybridized carbons (Fsp3) is 0.370. The monoisotopic (exact) mass is 517 g/mol. The molecule has 2 fully saturated rings. The molecule has 1 amide bonds. The molecule has 0 bridgehead atoms. The van der Waals surface area contributed by atoms with Crippen LogP contribution >= 0.6 is 0 Å². The summed E-state index contributed by atoms with van der Waals surface area (Å²) in [6, 6.07) is 9.86. The van der Waals surface area contributed by atoms with E-state index in [2.05, 4.69) is 20.4 Å². The van der Waals surface area contributed by atoms with Gasteiger partial charge in [-0.05, 0) is 62.1 Å². The van der Waals surface area contributed by atoms with Crippen LogP contribution in [-0.4, -0.2) is 65.0 Å². The number of nitrogens with one attached hydrogen (secondary N) is 1. The third-order valence-electron chi connectivity index (χ3n) is 7.62. The molecular formula is C27H28FN7O3. The van der Waals surface area contributed by atoms with Crippen molar-refractivity contribution in [2.24, 2.45) is 5.92 Å². The number of aromatic nitrogens is 5. The number of halogens is 1. The highest BCUT2D eigenvalue weighted by molar-refractivity contribution is 5.80. The van der Waals surface area contributed by atoms with E-state index in [9.17, 15) is 19.1 Å². The van der Waals surface area contributed by atoms with E-state index < -0.39 is 5.60 Å². The minimum absolute atomic E-state index is 0.0118. The standard InChI is InChI=1S/C27H28FN7O3/c28-19-3-5-22(6-4-19)35-24-23(15-31-35)26(37)34(17-30-24)16-27(38)7-10-33(11-8-27)25(36)18-12-21(13-18)32-20-2-1-9-29-14-20/h1-6,9,14-15,17-18,21,32,38H,7-8,10-13,16H2/t18-,21-. The molecule has 38 heavy (non-hydrogen) atoms. The maximum absolute atomic E-state index is 13.3. The smallest absolute Gasteiger partial charge is 0.264 e. The van der Waals surface area contributed by atoms with E-state index in [0.29, 0.717) is 42.7 Å². The van der Waals surface area contributed by atoms with Crippen LogP contribution in [0.5, 0.6) is 0 Å². The Balaban J connectivity index is 1.07. The Morgan fingerprint density at radius 2 is 1.89 bits per heavy atom. The van der Waals surface area contributed by atoms with Crippen LogP contribution in [0.1, 0.15) is 25.7 Å². The molecule has 1 saturated heterocycles. The molecule has 10 nitrogen and oxygen atoms in total. The van der Waals surface area contributed by atoms with Gasteiger partial charge in [-0.1, -0.05) is 0 Å². The Hall–Kier alpha value is -4.12. The molecule has 2 N–H and O–H groups in total. The quantitative estimate of drug-likeness (QED) is 0.403. The number of amides is 1. The first-order valence-corrected chi connectivity index (χ1v) is 12.8. The second kappa shape index (κ2) is 9.64. The third-order valence-corrected chi connectivity index (χ3v) is 7.62. The lowest BCUT2D eigenvalue weighted by Gasteiger charge is -2.42. The minimum Gasteiger partial charge on any atom is -0.388 e. The summed E-state index contributed by atoms with van der Waals surface area (Å²) in [5, 5.41) is 19.2. The van der Waals surface area contributed by atoms with Gasteiger partial charge in [0.05, 0.1) is 29.7 Å². The second-order valence-corrected chi connectivity index (χ2v) is 10.2. The van der Waals surface area contributed by atoms with Gasteiger partial charge in [-0.2, -0.15) is 5.10 Å². The van der Waals surface area contributed by atoms with Crippen molar-refractivity contribution in [3.63, 3.8) is 0 Å². The lowest BCUT2D eigenvalue weighted by molar-refractivity contribution is -0.143. The average Bonchev–Trinajstić information content (AvgIpc) is 3.34. The number of piperidine rings is 1. The van der Waals surface area contributed by atoms with Gasteiger partial charge in [0, 0.05) is 37.4 Å². The predicted molar refractivity (Wildman–Crippen MR) is 138 cm³/mol. The number of anilines is 1. The maximum atomic E-state index is 13.3. The predicted octanol–water partition coefficient (Wildman–Crippen LogP) is 2.36. The summed E-state index contributed by atoms with van der Waals surface area (Å²) in [5.41, 5.74) is 0.482. The molecule has 3 aromatic heterocycles. The fourth-order valence-electron chi connectivity index (χ4n) is 5.33. The zero-order chi connectivity index (χ0) is 26.3. The molecule has 1 saturated carbocycles. The van der Waals surface area contributed by atoms with Crippen molar-refractivity contribution in [1.29, 1.82) is 0 Å². The Bertz CT molecular complexity index is 1510. The van der Waals surface area contributed by atoms with E-state index in [-0.39, 0.29) is 35.8 Å². The van der Waals surface area contributed by atoms with E-state index in [4.69, 9.17) is 0 Å². The molecule has 0 unspecified atom stereocenters. The number of aliphatic hydroxyl groups is 1. The van der Waals surface area contributed by atoms with Gasteiger partial charge in [0.2, 0.25) is 5.91 Å². The second-order valence-electron chi connectivity index (χ2n) is 10.2. The number of benzene rings is 1. The van der Waals surface area contributed by atoms with Crippen LogP contribution < -0.4 is 10.9 Å². The average molecular weight is 518 g/mol. The van der Waals surface area contributed by atoms with Crippen LogP contribution in [0.4, 0.5) is 10.1 Å². The lowest BCUT2D eigenvalue weighted by Crippen LogP contribution is -2.53.